The number of aromatic carboxylic acids is 4. The zero-order valence-corrected chi connectivity index (χ0v) is 28.7. The number of carboxylic acid groups (broad SMARTS) is 4. The Morgan fingerprint density at radius 2 is 0.811 bits per heavy atom. The minimum absolute atomic E-state index is 0. The molecule has 0 aliphatic heterocycles. The summed E-state index contributed by atoms with van der Waals surface area (Å²) in [7, 11) is 0. The van der Waals surface area contributed by atoms with E-state index < -0.39 is 46.1 Å². The fraction of sp³-hybridized carbons (Fsp3) is 0. The van der Waals surface area contributed by atoms with Crippen molar-refractivity contribution in [2.45, 2.75) is 0 Å². The summed E-state index contributed by atoms with van der Waals surface area (Å²) in [6.07, 6.45) is 0. The zero-order valence-electron chi connectivity index (χ0n) is 19.9. The van der Waals surface area contributed by atoms with Crippen molar-refractivity contribution < 1.29 is 158 Å². The van der Waals surface area contributed by atoms with Gasteiger partial charge in [0.05, 0.1) is 23.9 Å². The van der Waals surface area contributed by atoms with E-state index in [0.29, 0.717) is 0 Å². The summed E-state index contributed by atoms with van der Waals surface area (Å²) in [5.74, 6) is -7.12. The molecule has 37 heavy (non-hydrogen) atoms. The van der Waals surface area contributed by atoms with Gasteiger partial charge in [0, 0.05) is 11.4 Å². The maximum absolute atomic E-state index is 11.1. The Hall–Kier alpha value is -0.780. The van der Waals surface area contributed by atoms with Crippen molar-refractivity contribution in [2.75, 3.05) is 10.6 Å². The van der Waals surface area contributed by atoms with E-state index in [1.165, 1.54) is 0 Å². The molecule has 0 aliphatic carbocycles. The van der Waals surface area contributed by atoms with Gasteiger partial charge in [0.15, 0.2) is 0 Å². The molecule has 18 heteroatoms. The van der Waals surface area contributed by atoms with E-state index in [1.807, 2.05) is 0 Å². The van der Waals surface area contributed by atoms with E-state index in [-0.39, 0.29) is 147 Å². The molecule has 0 spiro atoms. The topological polar surface area (TPSA) is 223 Å². The van der Waals surface area contributed by atoms with Gasteiger partial charge in [0.25, 0.3) is 0 Å². The van der Waals surface area contributed by atoms with Gasteiger partial charge in [0.1, 0.15) is 0 Å². The van der Waals surface area contributed by atoms with E-state index >= 15 is 0 Å². The molecule has 0 saturated heterocycles. The van der Waals surface area contributed by atoms with E-state index in [9.17, 15) is 39.6 Å². The number of carbonyl (C=O) groups excluding carboxylic acids is 4. The molecule has 3 rings (SSSR count). The minimum atomic E-state index is -1.64. The third-order valence-corrected chi connectivity index (χ3v) is 4.10. The predicted octanol–water partition coefficient (Wildman–Crippen LogP) is -14.5. The molecule has 1 heterocycles. The van der Waals surface area contributed by atoms with Gasteiger partial charge in [-0.3, -0.25) is 0 Å². The standard InChI is InChI=1S/C19H12ClN5O8.4Na/c20-17-23-18(21-11-3-7(13(26)27)1-8(4-11)14(28)29)25-19(24-17)22-12-5-9(15(30)31)2-10(6-12)16(32)33;;;;/h1-6H,(H,26,27)(H,28,29)(H,30,31)(H,32,33)(H2,21,22,23,24,25);;;;/q;4*+1/p-4. The van der Waals surface area contributed by atoms with Gasteiger partial charge in [-0.05, 0) is 70.3 Å². The first-order valence-corrected chi connectivity index (χ1v) is 9.01. The summed E-state index contributed by atoms with van der Waals surface area (Å²) < 4.78 is 0. The molecule has 2 aromatic carbocycles. The molecule has 0 amide bonds. The van der Waals surface area contributed by atoms with Crippen LogP contribution in [0.1, 0.15) is 41.4 Å². The van der Waals surface area contributed by atoms with Crippen LogP contribution in [0.25, 0.3) is 0 Å². The first kappa shape index (κ1) is 38.4. The van der Waals surface area contributed by atoms with Crippen LogP contribution in [0.3, 0.4) is 0 Å². The second-order valence-corrected chi connectivity index (χ2v) is 6.59. The van der Waals surface area contributed by atoms with Gasteiger partial charge in [-0.1, -0.05) is 0 Å². The van der Waals surface area contributed by atoms with Crippen molar-refractivity contribution in [1.82, 2.24) is 15.0 Å². The van der Waals surface area contributed by atoms with E-state index in [2.05, 4.69) is 25.6 Å². The molecule has 0 aliphatic rings. The van der Waals surface area contributed by atoms with Crippen LogP contribution in [0.2, 0.25) is 5.28 Å². The minimum Gasteiger partial charge on any atom is -0.545 e. The van der Waals surface area contributed by atoms with E-state index in [1.54, 1.807) is 0 Å². The summed E-state index contributed by atoms with van der Waals surface area (Å²) >= 11 is 5.85. The van der Waals surface area contributed by atoms with Crippen molar-refractivity contribution in [3.8, 4) is 0 Å². The Kier molecular flexibility index (Phi) is 17.7. The molecule has 2 N–H and O–H groups in total. The van der Waals surface area contributed by atoms with Crippen molar-refractivity contribution in [2.24, 2.45) is 0 Å². The number of carbonyl (C=O) groups is 4. The number of hydrogen-bond donors (Lipinski definition) is 2. The van der Waals surface area contributed by atoms with Crippen LogP contribution in [-0.2, 0) is 0 Å². The molecule has 0 atom stereocenters. The molecule has 13 nitrogen and oxygen atoms in total. The average Bonchev–Trinajstić information content (AvgIpc) is 2.72. The third-order valence-electron chi connectivity index (χ3n) is 3.93. The summed E-state index contributed by atoms with van der Waals surface area (Å²) in [4.78, 5) is 56.0. The third kappa shape index (κ3) is 11.1. The maximum Gasteiger partial charge on any atom is 1.00 e. The van der Waals surface area contributed by atoms with Gasteiger partial charge in [0.2, 0.25) is 17.2 Å². The fourth-order valence-electron chi connectivity index (χ4n) is 2.59. The Labute approximate surface area is 302 Å². The Morgan fingerprint density at radius 1 is 0.541 bits per heavy atom. The van der Waals surface area contributed by atoms with Gasteiger partial charge < -0.3 is 50.2 Å². The summed E-state index contributed by atoms with van der Waals surface area (Å²) in [5.41, 5.74) is -2.00. The summed E-state index contributed by atoms with van der Waals surface area (Å²) in [5, 5.41) is 49.2. The Morgan fingerprint density at radius 3 is 1.05 bits per heavy atom. The summed E-state index contributed by atoms with van der Waals surface area (Å²) in [6, 6.07) is 5.85. The Balaban J connectivity index is 0. The number of hydrogen-bond acceptors (Lipinski definition) is 13. The summed E-state index contributed by atoms with van der Waals surface area (Å²) in [6.45, 7) is 0. The van der Waals surface area contributed by atoms with Crippen molar-refractivity contribution in [1.29, 1.82) is 0 Å². The Bertz CT molecular complexity index is 1170. The van der Waals surface area contributed by atoms with Gasteiger partial charge in [-0.2, -0.15) is 15.0 Å². The van der Waals surface area contributed by atoms with Crippen LogP contribution >= 0.6 is 11.6 Å². The molecular formula is C19H8ClN5Na4O8. The number of nitrogens with zero attached hydrogens (tertiary/aromatic N) is 3. The van der Waals surface area contributed by atoms with E-state index in [0.717, 1.165) is 36.4 Å². The quantitative estimate of drug-likeness (QED) is 0.244. The number of benzene rings is 2. The number of anilines is 4. The fourth-order valence-corrected chi connectivity index (χ4v) is 2.75. The van der Waals surface area contributed by atoms with Crippen LogP contribution in [0.15, 0.2) is 36.4 Å². The number of rotatable bonds is 8. The van der Waals surface area contributed by atoms with Crippen molar-refractivity contribution >= 4 is 58.7 Å². The first-order chi connectivity index (χ1) is 15.5. The molecule has 0 radical (unpaired) electrons. The van der Waals surface area contributed by atoms with Crippen LogP contribution in [0, 0.1) is 0 Å². The van der Waals surface area contributed by atoms with Gasteiger partial charge >= 0.3 is 118 Å². The molecule has 3 aromatic rings. The zero-order chi connectivity index (χ0) is 24.3. The average molecular weight is 562 g/mol. The molecule has 0 saturated carbocycles. The van der Waals surface area contributed by atoms with Crippen molar-refractivity contribution in [3.05, 3.63) is 63.9 Å². The number of carboxylic acids is 4. The van der Waals surface area contributed by atoms with Crippen LogP contribution in [0.5, 0.6) is 0 Å². The second-order valence-electron chi connectivity index (χ2n) is 6.25. The smallest absolute Gasteiger partial charge is 0.545 e. The number of aromatic nitrogens is 3. The second kappa shape index (κ2) is 17.0. The monoisotopic (exact) mass is 561 g/mol. The van der Waals surface area contributed by atoms with Crippen molar-refractivity contribution in [3.63, 3.8) is 0 Å². The molecule has 168 valence electrons. The molecule has 0 unspecified atom stereocenters. The van der Waals surface area contributed by atoms with Crippen LogP contribution < -0.4 is 149 Å². The number of nitrogens with one attached hydrogen (secondary N) is 2. The first-order valence-electron chi connectivity index (χ1n) is 8.63. The largest absolute Gasteiger partial charge is 1.00 e. The maximum atomic E-state index is 11.1. The molecular weight excluding hydrogens is 554 g/mol. The SMILES string of the molecule is O=C([O-])c1cc(Nc2nc(Cl)nc(Nc3cc(C(=O)[O-])cc(C(=O)[O-])c3)n2)cc(C(=O)[O-])c1.[Na+].[Na+].[Na+].[Na+]. The molecule has 0 fully saturated rings. The van der Waals surface area contributed by atoms with Gasteiger partial charge in [-0.25, -0.2) is 0 Å². The van der Waals surface area contributed by atoms with E-state index in [4.69, 9.17) is 11.6 Å². The predicted molar refractivity (Wildman–Crippen MR) is 102 cm³/mol. The van der Waals surface area contributed by atoms with Crippen LogP contribution in [0.4, 0.5) is 23.3 Å². The van der Waals surface area contributed by atoms with Gasteiger partial charge in [-0.15, -0.1) is 0 Å². The molecule has 1 aromatic heterocycles. The molecule has 0 bridgehead atoms. The number of halogens is 1. The van der Waals surface area contributed by atoms with Crippen LogP contribution in [-0.4, -0.2) is 38.8 Å². The normalized spacial score (nSPS) is 9.22.